The lowest BCUT2D eigenvalue weighted by Crippen LogP contribution is -2.30. The molecule has 5 heteroatoms. The normalized spacial score (nSPS) is 12.5. The first-order chi connectivity index (χ1) is 13.6. The summed E-state index contributed by atoms with van der Waals surface area (Å²) in [4.78, 5) is 18.8. The number of amides is 1. The fourth-order valence-corrected chi connectivity index (χ4v) is 3.89. The average molecular weight is 388 g/mol. The van der Waals surface area contributed by atoms with E-state index < -0.39 is 0 Å². The van der Waals surface area contributed by atoms with Crippen LogP contribution in [0, 0.1) is 18.3 Å². The number of aromatic nitrogens is 1. The van der Waals surface area contributed by atoms with Crippen LogP contribution in [-0.2, 0) is 17.6 Å². The number of rotatable bonds is 3. The lowest BCUT2D eigenvalue weighted by atomic mass is 9.99. The van der Waals surface area contributed by atoms with Gasteiger partial charge in [-0.2, -0.15) is 5.26 Å². The summed E-state index contributed by atoms with van der Waals surface area (Å²) in [5.74, 6) is 0.0965. The Morgan fingerprint density at radius 2 is 2.11 bits per heavy atom. The molecular weight excluding hydrogens is 370 g/mol. The van der Waals surface area contributed by atoms with Gasteiger partial charge in [-0.3, -0.25) is 9.78 Å². The van der Waals surface area contributed by atoms with Crippen LogP contribution in [0.2, 0.25) is 5.02 Å². The first-order valence-corrected chi connectivity index (χ1v) is 9.47. The number of aryl methyl sites for hydroxylation is 1. The summed E-state index contributed by atoms with van der Waals surface area (Å²) >= 11 is 6.11. The van der Waals surface area contributed by atoms with E-state index in [1.165, 1.54) is 6.20 Å². The molecular formula is C23H18ClN3O. The summed E-state index contributed by atoms with van der Waals surface area (Å²) in [7, 11) is 0. The first kappa shape index (κ1) is 18.2. The molecule has 0 fully saturated rings. The van der Waals surface area contributed by atoms with Crippen molar-refractivity contribution < 1.29 is 4.79 Å². The maximum Gasteiger partial charge on any atom is 0.231 e. The molecule has 0 N–H and O–H groups in total. The number of benzene rings is 2. The predicted octanol–water partition coefficient (Wildman–Crippen LogP) is 4.71. The van der Waals surface area contributed by atoms with Gasteiger partial charge in [-0.15, -0.1) is 0 Å². The lowest BCUT2D eigenvalue weighted by Gasteiger charge is -2.18. The van der Waals surface area contributed by atoms with Crippen LogP contribution in [0.5, 0.6) is 0 Å². The third kappa shape index (κ3) is 3.37. The van der Waals surface area contributed by atoms with E-state index >= 15 is 0 Å². The molecule has 0 unspecified atom stereocenters. The van der Waals surface area contributed by atoms with Gasteiger partial charge in [0.05, 0.1) is 17.0 Å². The van der Waals surface area contributed by atoms with Gasteiger partial charge < -0.3 is 4.90 Å². The SMILES string of the molecule is Cc1cccc(CC(=O)N2CCc3cc(-c4cncc(Cl)c4C#N)ccc32)c1. The van der Waals surface area contributed by atoms with Crippen molar-refractivity contribution in [3.05, 3.63) is 82.1 Å². The van der Waals surface area contributed by atoms with Gasteiger partial charge in [0.2, 0.25) is 5.91 Å². The van der Waals surface area contributed by atoms with E-state index in [9.17, 15) is 10.1 Å². The van der Waals surface area contributed by atoms with E-state index in [1.54, 1.807) is 6.20 Å². The van der Waals surface area contributed by atoms with Gasteiger partial charge in [-0.05, 0) is 42.2 Å². The zero-order valence-corrected chi connectivity index (χ0v) is 16.2. The van der Waals surface area contributed by atoms with E-state index in [2.05, 4.69) is 11.1 Å². The molecule has 28 heavy (non-hydrogen) atoms. The number of carbonyl (C=O) groups is 1. The van der Waals surface area contributed by atoms with Crippen LogP contribution >= 0.6 is 11.6 Å². The summed E-state index contributed by atoms with van der Waals surface area (Å²) in [6.45, 7) is 2.70. The third-order valence-electron chi connectivity index (χ3n) is 5.04. The third-order valence-corrected chi connectivity index (χ3v) is 5.32. The maximum absolute atomic E-state index is 12.8. The Morgan fingerprint density at radius 3 is 2.89 bits per heavy atom. The van der Waals surface area contributed by atoms with Crippen molar-refractivity contribution in [3.63, 3.8) is 0 Å². The molecule has 0 spiro atoms. The Balaban J connectivity index is 1.62. The van der Waals surface area contributed by atoms with E-state index in [1.807, 2.05) is 54.3 Å². The van der Waals surface area contributed by atoms with Gasteiger partial charge in [0, 0.05) is 30.2 Å². The summed E-state index contributed by atoms with van der Waals surface area (Å²) < 4.78 is 0. The number of nitrogens with zero attached hydrogens (tertiary/aromatic N) is 3. The average Bonchev–Trinajstić information content (AvgIpc) is 3.11. The molecule has 3 aromatic rings. The second-order valence-corrected chi connectivity index (χ2v) is 7.37. The lowest BCUT2D eigenvalue weighted by molar-refractivity contribution is -0.117. The molecule has 4 rings (SSSR count). The molecule has 1 aliphatic rings. The topological polar surface area (TPSA) is 57.0 Å². The van der Waals surface area contributed by atoms with Gasteiger partial charge in [0.15, 0.2) is 0 Å². The highest BCUT2D eigenvalue weighted by Crippen LogP contribution is 2.34. The van der Waals surface area contributed by atoms with E-state index in [-0.39, 0.29) is 5.91 Å². The molecule has 0 saturated heterocycles. The van der Waals surface area contributed by atoms with Crippen LogP contribution in [0.4, 0.5) is 5.69 Å². The fourth-order valence-electron chi connectivity index (χ4n) is 3.69. The molecule has 0 radical (unpaired) electrons. The van der Waals surface area contributed by atoms with Crippen molar-refractivity contribution in [2.45, 2.75) is 19.8 Å². The summed E-state index contributed by atoms with van der Waals surface area (Å²) in [6.07, 6.45) is 4.31. The van der Waals surface area contributed by atoms with E-state index in [0.29, 0.717) is 29.1 Å². The van der Waals surface area contributed by atoms with Gasteiger partial charge in [-0.25, -0.2) is 0 Å². The molecule has 0 saturated carbocycles. The molecule has 0 bridgehead atoms. The minimum atomic E-state index is 0.0965. The Morgan fingerprint density at radius 1 is 1.25 bits per heavy atom. The molecule has 2 heterocycles. The van der Waals surface area contributed by atoms with Gasteiger partial charge >= 0.3 is 0 Å². The summed E-state index contributed by atoms with van der Waals surface area (Å²) in [5, 5.41) is 9.76. The number of fused-ring (bicyclic) bond motifs is 1. The van der Waals surface area contributed by atoms with Crippen molar-refractivity contribution in [1.82, 2.24) is 4.98 Å². The number of pyridine rings is 1. The zero-order chi connectivity index (χ0) is 19.7. The highest BCUT2D eigenvalue weighted by atomic mass is 35.5. The Kier molecular flexibility index (Phi) is 4.85. The van der Waals surface area contributed by atoms with Crippen molar-refractivity contribution >= 4 is 23.2 Å². The quantitative estimate of drug-likeness (QED) is 0.653. The predicted molar refractivity (Wildman–Crippen MR) is 110 cm³/mol. The van der Waals surface area contributed by atoms with Crippen LogP contribution in [0.1, 0.15) is 22.3 Å². The molecule has 138 valence electrons. The molecule has 4 nitrogen and oxygen atoms in total. The number of carbonyl (C=O) groups excluding carboxylic acids is 1. The molecule has 1 amide bonds. The highest BCUT2D eigenvalue weighted by Gasteiger charge is 2.25. The van der Waals surface area contributed by atoms with Crippen molar-refractivity contribution in [2.24, 2.45) is 0 Å². The second-order valence-electron chi connectivity index (χ2n) is 6.96. The van der Waals surface area contributed by atoms with Crippen LogP contribution in [0.25, 0.3) is 11.1 Å². The zero-order valence-electron chi connectivity index (χ0n) is 15.4. The number of anilines is 1. The Bertz CT molecular complexity index is 1120. The Hall–Kier alpha value is -3.16. The number of halogens is 1. The number of hydrogen-bond donors (Lipinski definition) is 0. The first-order valence-electron chi connectivity index (χ1n) is 9.09. The standard InChI is InChI=1S/C23H18ClN3O/c1-15-3-2-4-16(9-15)10-23(28)27-8-7-18-11-17(5-6-22(18)27)20-13-26-14-21(24)19(20)12-25/h2-6,9,11,13-14H,7-8,10H2,1H3. The molecule has 1 aromatic heterocycles. The van der Waals surface area contributed by atoms with Gasteiger partial charge in [0.25, 0.3) is 0 Å². The van der Waals surface area contributed by atoms with Crippen molar-refractivity contribution in [2.75, 3.05) is 11.4 Å². The molecule has 1 aliphatic heterocycles. The smallest absolute Gasteiger partial charge is 0.231 e. The summed E-state index contributed by atoms with van der Waals surface area (Å²) in [6, 6.07) is 16.1. The van der Waals surface area contributed by atoms with Crippen molar-refractivity contribution in [1.29, 1.82) is 5.26 Å². The van der Waals surface area contributed by atoms with Crippen LogP contribution in [0.3, 0.4) is 0 Å². The molecule has 0 atom stereocenters. The maximum atomic E-state index is 12.8. The van der Waals surface area contributed by atoms with E-state index in [4.69, 9.17) is 11.6 Å². The number of hydrogen-bond acceptors (Lipinski definition) is 3. The van der Waals surface area contributed by atoms with Gasteiger partial charge in [0.1, 0.15) is 6.07 Å². The van der Waals surface area contributed by atoms with Crippen LogP contribution in [-0.4, -0.2) is 17.4 Å². The van der Waals surface area contributed by atoms with Gasteiger partial charge in [-0.1, -0.05) is 47.5 Å². The highest BCUT2D eigenvalue weighted by molar-refractivity contribution is 6.32. The Labute approximate surface area is 169 Å². The minimum absolute atomic E-state index is 0.0965. The minimum Gasteiger partial charge on any atom is -0.312 e. The second kappa shape index (κ2) is 7.46. The number of nitriles is 1. The largest absolute Gasteiger partial charge is 0.312 e. The van der Waals surface area contributed by atoms with Crippen molar-refractivity contribution in [3.8, 4) is 17.2 Å². The summed E-state index contributed by atoms with van der Waals surface area (Å²) in [5.41, 5.74) is 6.23. The van der Waals surface area contributed by atoms with E-state index in [0.717, 1.165) is 34.4 Å². The molecule has 2 aromatic carbocycles. The fraction of sp³-hybridized carbons (Fsp3) is 0.174. The monoisotopic (exact) mass is 387 g/mol. The van der Waals surface area contributed by atoms with Crippen LogP contribution < -0.4 is 4.90 Å². The molecule has 0 aliphatic carbocycles. The van der Waals surface area contributed by atoms with Crippen LogP contribution in [0.15, 0.2) is 54.9 Å².